The highest BCUT2D eigenvalue weighted by Crippen LogP contribution is 2.32. The highest BCUT2D eigenvalue weighted by molar-refractivity contribution is 5.38. The molecule has 1 saturated heterocycles. The summed E-state index contributed by atoms with van der Waals surface area (Å²) < 4.78 is 12.2. The maximum absolute atomic E-state index is 6.22. The van der Waals surface area contributed by atoms with Crippen LogP contribution in [0.2, 0.25) is 0 Å². The van der Waals surface area contributed by atoms with Crippen molar-refractivity contribution in [2.24, 2.45) is 0 Å². The zero-order chi connectivity index (χ0) is 18.0. The minimum absolute atomic E-state index is 0.0743. The summed E-state index contributed by atoms with van der Waals surface area (Å²) in [7, 11) is 0. The highest BCUT2D eigenvalue weighted by Gasteiger charge is 2.29. The fourth-order valence-electron chi connectivity index (χ4n) is 3.15. The molecule has 24 heavy (non-hydrogen) atoms. The topological polar surface area (TPSA) is 21.7 Å². The van der Waals surface area contributed by atoms with E-state index in [1.54, 1.807) is 0 Å². The number of nitrogens with zero attached hydrogens (tertiary/aromatic N) is 1. The van der Waals surface area contributed by atoms with Gasteiger partial charge in [0.1, 0.15) is 18.0 Å². The van der Waals surface area contributed by atoms with Gasteiger partial charge in [0.05, 0.1) is 6.04 Å². The minimum atomic E-state index is -0.218. The first-order valence-corrected chi connectivity index (χ1v) is 8.95. The monoisotopic (exact) mass is 331 g/mol. The second-order valence-electron chi connectivity index (χ2n) is 8.65. The molecule has 0 saturated carbocycles. The fourth-order valence-corrected chi connectivity index (χ4v) is 3.15. The number of ether oxygens (including phenoxy) is 2. The zero-order valence-electron chi connectivity index (χ0n) is 16.2. The lowest BCUT2D eigenvalue weighted by molar-refractivity contribution is -0.00499. The molecule has 1 aliphatic rings. The van der Waals surface area contributed by atoms with Crippen LogP contribution < -0.4 is 4.74 Å². The van der Waals surface area contributed by atoms with Gasteiger partial charge < -0.3 is 14.4 Å². The Morgan fingerprint density at radius 1 is 1.17 bits per heavy atom. The standard InChI is InChI=1S/C21H33NO2/c1-16(24-21(5,6)7)22-14-10-11-17(22)15-23-19-13-9-8-12-18(19)20(2,3)4/h8-9,12-13,17H,1,10-11,14-15H2,2-7H3. The van der Waals surface area contributed by atoms with Crippen LogP contribution in [-0.4, -0.2) is 29.7 Å². The van der Waals surface area contributed by atoms with E-state index in [9.17, 15) is 0 Å². The van der Waals surface area contributed by atoms with E-state index in [1.807, 2.05) is 6.07 Å². The summed E-state index contributed by atoms with van der Waals surface area (Å²) in [6.07, 6.45) is 2.27. The predicted molar refractivity (Wildman–Crippen MR) is 100 cm³/mol. The Kier molecular flexibility index (Phi) is 5.52. The number of likely N-dealkylation sites (tertiary alicyclic amines) is 1. The van der Waals surface area contributed by atoms with Gasteiger partial charge >= 0.3 is 0 Å². The molecule has 2 rings (SSSR count). The van der Waals surface area contributed by atoms with Crippen LogP contribution in [-0.2, 0) is 10.2 Å². The quantitative estimate of drug-likeness (QED) is 0.700. The number of hydrogen-bond donors (Lipinski definition) is 0. The van der Waals surface area contributed by atoms with E-state index in [0.29, 0.717) is 12.6 Å². The molecule has 3 heteroatoms. The SMILES string of the molecule is C=C(OC(C)(C)C)N1CCCC1COc1ccccc1C(C)(C)C. The van der Waals surface area contributed by atoms with E-state index < -0.39 is 0 Å². The Hall–Kier alpha value is -1.64. The van der Waals surface area contributed by atoms with Gasteiger partial charge in [-0.2, -0.15) is 0 Å². The van der Waals surface area contributed by atoms with Crippen LogP contribution in [0.15, 0.2) is 36.7 Å². The lowest BCUT2D eigenvalue weighted by Gasteiger charge is -2.33. The molecule has 0 amide bonds. The molecule has 1 aromatic carbocycles. The molecule has 0 N–H and O–H groups in total. The Balaban J connectivity index is 2.03. The third kappa shape index (κ3) is 4.93. The van der Waals surface area contributed by atoms with Crippen molar-refractivity contribution in [3.8, 4) is 5.75 Å². The molecule has 0 spiro atoms. The lowest BCUT2D eigenvalue weighted by Crippen LogP contribution is -2.36. The van der Waals surface area contributed by atoms with Crippen molar-refractivity contribution in [1.82, 2.24) is 4.90 Å². The van der Waals surface area contributed by atoms with Gasteiger partial charge in [-0.05, 0) is 57.2 Å². The van der Waals surface area contributed by atoms with Crippen molar-refractivity contribution in [2.45, 2.75) is 71.4 Å². The van der Waals surface area contributed by atoms with E-state index in [2.05, 4.69) is 71.2 Å². The minimum Gasteiger partial charge on any atom is -0.491 e. The summed E-state index contributed by atoms with van der Waals surface area (Å²) in [5, 5.41) is 0. The van der Waals surface area contributed by atoms with Crippen molar-refractivity contribution in [2.75, 3.05) is 13.2 Å². The number of benzene rings is 1. The van der Waals surface area contributed by atoms with Crippen LogP contribution >= 0.6 is 0 Å². The number of para-hydroxylation sites is 1. The first kappa shape index (κ1) is 18.7. The van der Waals surface area contributed by atoms with Gasteiger partial charge in [0.2, 0.25) is 0 Å². The van der Waals surface area contributed by atoms with Crippen LogP contribution in [0.25, 0.3) is 0 Å². The van der Waals surface area contributed by atoms with E-state index >= 15 is 0 Å². The van der Waals surface area contributed by atoms with E-state index in [1.165, 1.54) is 5.56 Å². The maximum Gasteiger partial charge on any atom is 0.182 e. The lowest BCUT2D eigenvalue weighted by atomic mass is 9.86. The summed E-state index contributed by atoms with van der Waals surface area (Å²) in [6.45, 7) is 18.6. The summed E-state index contributed by atoms with van der Waals surface area (Å²) in [6, 6.07) is 8.67. The van der Waals surface area contributed by atoms with Crippen molar-refractivity contribution >= 4 is 0 Å². The van der Waals surface area contributed by atoms with Gasteiger partial charge in [-0.3, -0.25) is 0 Å². The van der Waals surface area contributed by atoms with Crippen molar-refractivity contribution in [3.63, 3.8) is 0 Å². The van der Waals surface area contributed by atoms with Crippen LogP contribution in [0.1, 0.15) is 59.9 Å². The van der Waals surface area contributed by atoms with Gasteiger partial charge in [0, 0.05) is 6.54 Å². The summed E-state index contributed by atoms with van der Waals surface area (Å²) in [4.78, 5) is 2.25. The first-order valence-electron chi connectivity index (χ1n) is 8.95. The summed E-state index contributed by atoms with van der Waals surface area (Å²) in [5.74, 6) is 1.75. The van der Waals surface area contributed by atoms with E-state index in [0.717, 1.165) is 31.0 Å². The third-order valence-corrected chi connectivity index (χ3v) is 4.25. The molecule has 1 fully saturated rings. The van der Waals surface area contributed by atoms with Crippen LogP contribution in [0, 0.1) is 0 Å². The Labute approximate surface area is 147 Å². The maximum atomic E-state index is 6.22. The smallest absolute Gasteiger partial charge is 0.182 e. The highest BCUT2D eigenvalue weighted by atomic mass is 16.5. The molecule has 0 aliphatic carbocycles. The van der Waals surface area contributed by atoms with Gasteiger partial charge in [-0.15, -0.1) is 0 Å². The van der Waals surface area contributed by atoms with Crippen LogP contribution in [0.5, 0.6) is 5.75 Å². The number of hydrogen-bond acceptors (Lipinski definition) is 3. The fraction of sp³-hybridized carbons (Fsp3) is 0.619. The average molecular weight is 332 g/mol. The van der Waals surface area contributed by atoms with Gasteiger partial charge in [0.25, 0.3) is 0 Å². The van der Waals surface area contributed by atoms with Crippen molar-refractivity contribution < 1.29 is 9.47 Å². The summed E-state index contributed by atoms with van der Waals surface area (Å²) >= 11 is 0. The number of rotatable bonds is 5. The molecule has 1 unspecified atom stereocenters. The third-order valence-electron chi connectivity index (χ3n) is 4.25. The first-order chi connectivity index (χ1) is 11.1. The van der Waals surface area contributed by atoms with Gasteiger partial charge in [-0.1, -0.05) is 39.0 Å². The largest absolute Gasteiger partial charge is 0.491 e. The zero-order valence-corrected chi connectivity index (χ0v) is 16.2. The molecule has 0 aromatic heterocycles. The van der Waals surface area contributed by atoms with Gasteiger partial charge in [0.15, 0.2) is 5.88 Å². The molecule has 0 radical (unpaired) electrons. The van der Waals surface area contributed by atoms with Crippen LogP contribution in [0.4, 0.5) is 0 Å². The summed E-state index contributed by atoms with van der Waals surface area (Å²) in [5.41, 5.74) is 1.11. The molecule has 134 valence electrons. The van der Waals surface area contributed by atoms with Crippen molar-refractivity contribution in [3.05, 3.63) is 42.3 Å². The normalized spacial score (nSPS) is 18.6. The Morgan fingerprint density at radius 3 is 2.46 bits per heavy atom. The Morgan fingerprint density at radius 2 is 1.83 bits per heavy atom. The molecule has 3 nitrogen and oxygen atoms in total. The molecular weight excluding hydrogens is 298 g/mol. The molecule has 0 bridgehead atoms. The van der Waals surface area contributed by atoms with E-state index in [-0.39, 0.29) is 11.0 Å². The second kappa shape index (κ2) is 7.08. The van der Waals surface area contributed by atoms with E-state index in [4.69, 9.17) is 9.47 Å². The van der Waals surface area contributed by atoms with Crippen molar-refractivity contribution in [1.29, 1.82) is 0 Å². The average Bonchev–Trinajstić information content (AvgIpc) is 2.91. The second-order valence-corrected chi connectivity index (χ2v) is 8.65. The molecular formula is C21H33NO2. The molecule has 1 aromatic rings. The van der Waals surface area contributed by atoms with Crippen LogP contribution in [0.3, 0.4) is 0 Å². The molecule has 1 aliphatic heterocycles. The molecule has 1 heterocycles. The molecule has 1 atom stereocenters. The predicted octanol–water partition coefficient (Wildman–Crippen LogP) is 5.11. The van der Waals surface area contributed by atoms with Gasteiger partial charge in [-0.25, -0.2) is 0 Å². The Bertz CT molecular complexity index is 566.